The summed E-state index contributed by atoms with van der Waals surface area (Å²) >= 11 is 0. The molecule has 0 bridgehead atoms. The molecular weight excluding hydrogens is 309 g/mol. The molecule has 0 aromatic heterocycles. The molecule has 0 N–H and O–H groups in total. The lowest BCUT2D eigenvalue weighted by molar-refractivity contribution is -0.138. The second-order valence-electron chi connectivity index (χ2n) is 5.84. The van der Waals surface area contributed by atoms with Gasteiger partial charge in [0, 0.05) is 12.5 Å². The molecule has 1 aliphatic carbocycles. The van der Waals surface area contributed by atoms with E-state index in [0.29, 0.717) is 25.1 Å². The Morgan fingerprint density at radius 2 is 2.17 bits per heavy atom. The number of morpholine rings is 1. The fraction of sp³-hybridized carbons (Fsp3) is 0.500. The first-order valence-electron chi connectivity index (χ1n) is 7.37. The Bertz CT molecular complexity index is 653. The van der Waals surface area contributed by atoms with Crippen LogP contribution in [0.5, 0.6) is 0 Å². The molecule has 1 aromatic rings. The lowest BCUT2D eigenvalue weighted by Crippen LogP contribution is -2.45. The number of nitrogens with zero attached hydrogens (tertiary/aromatic N) is 2. The van der Waals surface area contributed by atoms with Gasteiger partial charge in [-0.05, 0) is 24.0 Å². The van der Waals surface area contributed by atoms with Gasteiger partial charge >= 0.3 is 6.18 Å². The van der Waals surface area contributed by atoms with Crippen LogP contribution >= 0.6 is 0 Å². The smallest absolute Gasteiger partial charge is 0.360 e. The summed E-state index contributed by atoms with van der Waals surface area (Å²) < 4.78 is 43.5. The van der Waals surface area contributed by atoms with E-state index in [4.69, 9.17) is 10.00 Å². The third-order valence-electron chi connectivity index (χ3n) is 4.27. The van der Waals surface area contributed by atoms with Crippen LogP contribution in [0.15, 0.2) is 24.3 Å². The summed E-state index contributed by atoms with van der Waals surface area (Å²) in [6.45, 7) is 0.953. The van der Waals surface area contributed by atoms with Crippen LogP contribution in [0.4, 0.5) is 13.2 Å². The van der Waals surface area contributed by atoms with Gasteiger partial charge in [-0.15, -0.1) is 0 Å². The molecule has 122 valence electrons. The van der Waals surface area contributed by atoms with Crippen LogP contribution in [-0.4, -0.2) is 36.6 Å². The summed E-state index contributed by atoms with van der Waals surface area (Å²) in [7, 11) is 0. The van der Waals surface area contributed by atoms with Crippen LogP contribution in [0.1, 0.15) is 23.5 Å². The van der Waals surface area contributed by atoms with Crippen molar-refractivity contribution < 1.29 is 22.7 Å². The number of amides is 1. The maximum atomic E-state index is 12.8. The minimum Gasteiger partial charge on any atom is -0.360 e. The van der Waals surface area contributed by atoms with Crippen molar-refractivity contribution in [1.29, 1.82) is 5.26 Å². The van der Waals surface area contributed by atoms with Gasteiger partial charge in [0.2, 0.25) is 5.91 Å². The van der Waals surface area contributed by atoms with Gasteiger partial charge in [0.15, 0.2) is 6.10 Å². The first-order chi connectivity index (χ1) is 10.9. The number of benzene rings is 1. The van der Waals surface area contributed by atoms with E-state index in [-0.39, 0.29) is 24.3 Å². The van der Waals surface area contributed by atoms with Crippen molar-refractivity contribution in [2.24, 2.45) is 5.92 Å². The molecule has 0 radical (unpaired) electrons. The molecular formula is C16H15F3N2O2. The highest BCUT2D eigenvalue weighted by molar-refractivity contribution is 5.83. The first kappa shape index (κ1) is 15.8. The van der Waals surface area contributed by atoms with E-state index >= 15 is 0 Å². The molecule has 4 nitrogen and oxygen atoms in total. The van der Waals surface area contributed by atoms with Crippen LogP contribution in [0.2, 0.25) is 0 Å². The summed E-state index contributed by atoms with van der Waals surface area (Å²) in [4.78, 5) is 14.0. The number of rotatable bonds is 2. The third kappa shape index (κ3) is 3.32. The topological polar surface area (TPSA) is 53.3 Å². The van der Waals surface area contributed by atoms with Crippen molar-refractivity contribution in [2.45, 2.75) is 24.6 Å². The molecule has 23 heavy (non-hydrogen) atoms. The SMILES string of the molecule is N#C[C@@H]1CN(C(=O)[C@@H]2C[C@H]2c2cccc(C(F)(F)F)c2)CCO1. The Morgan fingerprint density at radius 1 is 1.39 bits per heavy atom. The Balaban J connectivity index is 1.67. The fourth-order valence-corrected chi connectivity index (χ4v) is 2.94. The van der Waals surface area contributed by atoms with E-state index < -0.39 is 17.8 Å². The van der Waals surface area contributed by atoms with Gasteiger partial charge in [0.25, 0.3) is 0 Å². The Labute approximate surface area is 131 Å². The Kier molecular flexibility index (Phi) is 4.02. The predicted molar refractivity (Wildman–Crippen MR) is 74.2 cm³/mol. The average molecular weight is 324 g/mol. The standard InChI is InChI=1S/C16H15F3N2O2/c17-16(18,19)11-3-1-2-10(6-11)13-7-14(13)15(22)21-4-5-23-12(8-20)9-21/h1-3,6,12-14H,4-5,7,9H2/t12-,13+,14-/m1/s1. The highest BCUT2D eigenvalue weighted by atomic mass is 19.4. The summed E-state index contributed by atoms with van der Waals surface area (Å²) in [6, 6.07) is 7.13. The van der Waals surface area contributed by atoms with Gasteiger partial charge in [0.05, 0.1) is 24.8 Å². The second-order valence-corrected chi connectivity index (χ2v) is 5.84. The van der Waals surface area contributed by atoms with Gasteiger partial charge in [-0.3, -0.25) is 4.79 Å². The number of ether oxygens (including phenoxy) is 1. The van der Waals surface area contributed by atoms with Crippen LogP contribution in [-0.2, 0) is 15.7 Å². The number of alkyl halides is 3. The molecule has 1 aliphatic heterocycles. The van der Waals surface area contributed by atoms with Gasteiger partial charge in [-0.2, -0.15) is 18.4 Å². The summed E-state index contributed by atoms with van der Waals surface area (Å²) in [5, 5.41) is 8.86. The summed E-state index contributed by atoms with van der Waals surface area (Å²) in [5.74, 6) is -0.569. The molecule has 1 aromatic carbocycles. The molecule has 1 amide bonds. The van der Waals surface area contributed by atoms with Gasteiger partial charge in [-0.1, -0.05) is 18.2 Å². The van der Waals surface area contributed by atoms with Crippen LogP contribution in [0, 0.1) is 17.2 Å². The molecule has 1 heterocycles. The zero-order valence-electron chi connectivity index (χ0n) is 12.2. The van der Waals surface area contributed by atoms with Crippen LogP contribution in [0.25, 0.3) is 0 Å². The summed E-state index contributed by atoms with van der Waals surface area (Å²) in [6.07, 6.45) is -4.46. The van der Waals surface area contributed by atoms with Gasteiger partial charge in [-0.25, -0.2) is 0 Å². The van der Waals surface area contributed by atoms with Gasteiger partial charge in [0.1, 0.15) is 0 Å². The van der Waals surface area contributed by atoms with E-state index in [2.05, 4.69) is 0 Å². The number of halogens is 3. The maximum Gasteiger partial charge on any atom is 0.416 e. The second kappa shape index (κ2) is 5.85. The van der Waals surface area contributed by atoms with E-state index in [0.717, 1.165) is 12.1 Å². The highest BCUT2D eigenvalue weighted by Gasteiger charge is 2.47. The molecule has 3 rings (SSSR count). The molecule has 0 unspecified atom stereocenters. The lowest BCUT2D eigenvalue weighted by atomic mass is 10.0. The minimum atomic E-state index is -4.38. The molecule has 1 saturated carbocycles. The number of nitriles is 1. The number of hydrogen-bond acceptors (Lipinski definition) is 3. The zero-order valence-corrected chi connectivity index (χ0v) is 12.2. The zero-order chi connectivity index (χ0) is 16.6. The maximum absolute atomic E-state index is 12.8. The van der Waals surface area contributed by atoms with E-state index in [1.807, 2.05) is 6.07 Å². The average Bonchev–Trinajstić information content (AvgIpc) is 3.34. The first-order valence-corrected chi connectivity index (χ1v) is 7.37. The lowest BCUT2D eigenvalue weighted by Gasteiger charge is -2.30. The van der Waals surface area contributed by atoms with E-state index in [9.17, 15) is 18.0 Å². The Hall–Kier alpha value is -2.07. The van der Waals surface area contributed by atoms with Crippen molar-refractivity contribution in [3.05, 3.63) is 35.4 Å². The number of carbonyl (C=O) groups is 1. The molecule has 3 atom stereocenters. The summed E-state index contributed by atoms with van der Waals surface area (Å²) in [5.41, 5.74) is -0.146. The molecule has 1 saturated heterocycles. The van der Waals surface area contributed by atoms with Crippen molar-refractivity contribution in [3.8, 4) is 6.07 Å². The van der Waals surface area contributed by atoms with Crippen molar-refractivity contribution >= 4 is 5.91 Å². The molecule has 7 heteroatoms. The fourth-order valence-electron chi connectivity index (χ4n) is 2.94. The quantitative estimate of drug-likeness (QED) is 0.840. The van der Waals surface area contributed by atoms with Crippen molar-refractivity contribution in [2.75, 3.05) is 19.7 Å². The normalized spacial score (nSPS) is 27.4. The van der Waals surface area contributed by atoms with Crippen molar-refractivity contribution in [1.82, 2.24) is 4.90 Å². The van der Waals surface area contributed by atoms with Gasteiger partial charge < -0.3 is 9.64 Å². The largest absolute Gasteiger partial charge is 0.416 e. The van der Waals surface area contributed by atoms with Crippen LogP contribution < -0.4 is 0 Å². The molecule has 2 fully saturated rings. The van der Waals surface area contributed by atoms with Crippen LogP contribution in [0.3, 0.4) is 0 Å². The minimum absolute atomic E-state index is 0.101. The Morgan fingerprint density at radius 3 is 2.87 bits per heavy atom. The predicted octanol–water partition coefficient (Wildman–Crippen LogP) is 2.56. The number of carbonyl (C=O) groups excluding carboxylic acids is 1. The monoisotopic (exact) mass is 324 g/mol. The van der Waals surface area contributed by atoms with E-state index in [1.54, 1.807) is 11.0 Å². The number of hydrogen-bond donors (Lipinski definition) is 0. The van der Waals surface area contributed by atoms with E-state index in [1.165, 1.54) is 6.07 Å². The molecule has 2 aliphatic rings. The van der Waals surface area contributed by atoms with Crippen molar-refractivity contribution in [3.63, 3.8) is 0 Å². The molecule has 0 spiro atoms. The highest BCUT2D eigenvalue weighted by Crippen LogP contribution is 2.49. The third-order valence-corrected chi connectivity index (χ3v) is 4.27.